The topological polar surface area (TPSA) is 58.2 Å². The second-order valence-electron chi connectivity index (χ2n) is 4.89. The Labute approximate surface area is 112 Å². The number of ketones is 1. The van der Waals surface area contributed by atoms with Gasteiger partial charge in [0.15, 0.2) is 5.78 Å². The van der Waals surface area contributed by atoms with E-state index >= 15 is 0 Å². The summed E-state index contributed by atoms with van der Waals surface area (Å²) in [6.07, 6.45) is 4.20. The third kappa shape index (κ3) is 3.95. The normalized spacial score (nSPS) is 14.9. The number of carbonyl (C=O) groups is 2. The van der Waals surface area contributed by atoms with Gasteiger partial charge in [0, 0.05) is 17.5 Å². The molecule has 1 aliphatic carbocycles. The van der Waals surface area contributed by atoms with Gasteiger partial charge in [0.25, 0.3) is 0 Å². The number of benzene rings is 1. The third-order valence-corrected chi connectivity index (χ3v) is 3.20. The Morgan fingerprint density at radius 3 is 2.32 bits per heavy atom. The number of hydrogen-bond donors (Lipinski definition) is 2. The van der Waals surface area contributed by atoms with E-state index in [0.29, 0.717) is 17.2 Å². The van der Waals surface area contributed by atoms with Gasteiger partial charge in [-0.1, -0.05) is 5.57 Å². The van der Waals surface area contributed by atoms with Crippen LogP contribution in [0.2, 0.25) is 0 Å². The first-order valence-corrected chi connectivity index (χ1v) is 6.41. The molecule has 1 aromatic rings. The minimum absolute atomic E-state index is 0.0130. The highest BCUT2D eigenvalue weighted by atomic mass is 16.2. The summed E-state index contributed by atoms with van der Waals surface area (Å²) in [7, 11) is 0. The van der Waals surface area contributed by atoms with Crippen LogP contribution in [0.1, 0.15) is 37.0 Å². The molecule has 2 rings (SSSR count). The van der Waals surface area contributed by atoms with Crippen LogP contribution >= 0.6 is 0 Å². The van der Waals surface area contributed by atoms with E-state index in [1.807, 2.05) is 6.92 Å². The maximum Gasteiger partial charge on any atom is 0.323 e. The lowest BCUT2D eigenvalue weighted by Gasteiger charge is -2.06. The van der Waals surface area contributed by atoms with E-state index < -0.39 is 0 Å². The van der Waals surface area contributed by atoms with Crippen molar-refractivity contribution < 1.29 is 9.59 Å². The van der Waals surface area contributed by atoms with E-state index in [1.54, 1.807) is 30.5 Å². The Hall–Kier alpha value is -2.10. The van der Waals surface area contributed by atoms with Crippen molar-refractivity contribution in [3.8, 4) is 0 Å². The highest BCUT2D eigenvalue weighted by Gasteiger charge is 2.22. The average Bonchev–Trinajstić information content (AvgIpc) is 3.21. The highest BCUT2D eigenvalue weighted by Crippen LogP contribution is 2.35. The molecule has 0 radical (unpaired) electrons. The van der Waals surface area contributed by atoms with Crippen LogP contribution in [0.3, 0.4) is 0 Å². The molecular formula is C15H18N2O2. The summed E-state index contributed by atoms with van der Waals surface area (Å²) in [6, 6.07) is 6.56. The molecular weight excluding hydrogens is 240 g/mol. The molecule has 4 heteroatoms. The Kier molecular flexibility index (Phi) is 4.00. The van der Waals surface area contributed by atoms with Crippen LogP contribution in [0, 0.1) is 5.92 Å². The molecule has 4 nitrogen and oxygen atoms in total. The van der Waals surface area contributed by atoms with Crippen molar-refractivity contribution in [3.05, 3.63) is 41.6 Å². The average molecular weight is 258 g/mol. The quantitative estimate of drug-likeness (QED) is 0.814. The van der Waals surface area contributed by atoms with Gasteiger partial charge in [-0.25, -0.2) is 4.79 Å². The fourth-order valence-corrected chi connectivity index (χ4v) is 1.79. The van der Waals surface area contributed by atoms with E-state index in [0.717, 1.165) is 0 Å². The molecule has 0 atom stereocenters. The van der Waals surface area contributed by atoms with E-state index in [4.69, 9.17) is 0 Å². The van der Waals surface area contributed by atoms with E-state index in [9.17, 15) is 9.59 Å². The van der Waals surface area contributed by atoms with Gasteiger partial charge in [-0.15, -0.1) is 0 Å². The summed E-state index contributed by atoms with van der Waals surface area (Å²) in [5.74, 6) is 0.661. The maximum absolute atomic E-state index is 11.6. The summed E-state index contributed by atoms with van der Waals surface area (Å²) >= 11 is 0. The zero-order valence-electron chi connectivity index (χ0n) is 11.2. The molecule has 0 spiro atoms. The minimum atomic E-state index is -0.268. The number of rotatable bonds is 4. The largest absolute Gasteiger partial charge is 0.323 e. The lowest BCUT2D eigenvalue weighted by atomic mass is 10.1. The molecule has 0 aromatic heterocycles. The Morgan fingerprint density at radius 1 is 1.16 bits per heavy atom. The van der Waals surface area contributed by atoms with Crippen LogP contribution in [-0.4, -0.2) is 11.8 Å². The van der Waals surface area contributed by atoms with Gasteiger partial charge in [-0.05, 0) is 56.9 Å². The molecule has 1 fully saturated rings. The molecule has 0 saturated heterocycles. The fourth-order valence-electron chi connectivity index (χ4n) is 1.79. The van der Waals surface area contributed by atoms with Crippen LogP contribution in [0.25, 0.3) is 0 Å². The number of Topliss-reactive ketones (excluding diaryl/α,β-unsaturated/α-hetero) is 1. The molecule has 0 heterocycles. The van der Waals surface area contributed by atoms with Crippen molar-refractivity contribution in [3.63, 3.8) is 0 Å². The summed E-state index contributed by atoms with van der Waals surface area (Å²) < 4.78 is 0. The first kappa shape index (κ1) is 13.3. The summed E-state index contributed by atoms with van der Waals surface area (Å²) in [5, 5.41) is 5.43. The summed E-state index contributed by atoms with van der Waals surface area (Å²) in [5.41, 5.74) is 2.51. The smallest absolute Gasteiger partial charge is 0.314 e. The van der Waals surface area contributed by atoms with Crippen molar-refractivity contribution in [2.75, 3.05) is 5.32 Å². The predicted octanol–water partition coefficient (Wildman–Crippen LogP) is 3.32. The molecule has 2 N–H and O–H groups in total. The van der Waals surface area contributed by atoms with E-state index in [-0.39, 0.29) is 11.8 Å². The summed E-state index contributed by atoms with van der Waals surface area (Å²) in [4.78, 5) is 22.8. The Balaban J connectivity index is 1.87. The number of nitrogens with one attached hydrogen (secondary N) is 2. The number of allylic oxidation sites excluding steroid dienone is 1. The van der Waals surface area contributed by atoms with E-state index in [1.165, 1.54) is 25.3 Å². The number of carbonyl (C=O) groups excluding carboxylic acids is 2. The summed E-state index contributed by atoms with van der Waals surface area (Å²) in [6.45, 7) is 3.54. The van der Waals surface area contributed by atoms with Crippen LogP contribution in [-0.2, 0) is 0 Å². The Bertz CT molecular complexity index is 513. The zero-order chi connectivity index (χ0) is 13.8. The molecule has 100 valence electrons. The van der Waals surface area contributed by atoms with Gasteiger partial charge in [-0.3, -0.25) is 4.79 Å². The zero-order valence-corrected chi connectivity index (χ0v) is 11.2. The van der Waals surface area contributed by atoms with Crippen molar-refractivity contribution in [1.29, 1.82) is 0 Å². The van der Waals surface area contributed by atoms with Gasteiger partial charge in [0.1, 0.15) is 0 Å². The molecule has 0 aliphatic heterocycles. The molecule has 2 amide bonds. The van der Waals surface area contributed by atoms with Gasteiger partial charge in [-0.2, -0.15) is 0 Å². The number of anilines is 1. The van der Waals surface area contributed by atoms with Crippen LogP contribution in [0.5, 0.6) is 0 Å². The number of urea groups is 1. The molecule has 0 bridgehead atoms. The number of hydrogen-bond acceptors (Lipinski definition) is 2. The fraction of sp³-hybridized carbons (Fsp3) is 0.333. The maximum atomic E-state index is 11.6. The molecule has 19 heavy (non-hydrogen) atoms. The minimum Gasteiger partial charge on any atom is -0.314 e. The van der Waals surface area contributed by atoms with Gasteiger partial charge in [0.2, 0.25) is 0 Å². The lowest BCUT2D eigenvalue weighted by Crippen LogP contribution is -2.24. The van der Waals surface area contributed by atoms with Crippen molar-refractivity contribution in [2.24, 2.45) is 5.92 Å². The Morgan fingerprint density at radius 2 is 1.79 bits per heavy atom. The van der Waals surface area contributed by atoms with Gasteiger partial charge < -0.3 is 10.6 Å². The third-order valence-electron chi connectivity index (χ3n) is 3.20. The van der Waals surface area contributed by atoms with Gasteiger partial charge >= 0.3 is 6.03 Å². The van der Waals surface area contributed by atoms with Crippen LogP contribution in [0.4, 0.5) is 10.5 Å². The monoisotopic (exact) mass is 258 g/mol. The predicted molar refractivity (Wildman–Crippen MR) is 75.1 cm³/mol. The van der Waals surface area contributed by atoms with Crippen molar-refractivity contribution >= 4 is 17.5 Å². The second-order valence-corrected chi connectivity index (χ2v) is 4.89. The molecule has 0 unspecified atom stereocenters. The van der Waals surface area contributed by atoms with Crippen LogP contribution in [0.15, 0.2) is 36.0 Å². The lowest BCUT2D eigenvalue weighted by molar-refractivity contribution is 0.101. The van der Waals surface area contributed by atoms with Crippen LogP contribution < -0.4 is 10.6 Å². The molecule has 1 aromatic carbocycles. The molecule has 1 aliphatic rings. The first-order valence-electron chi connectivity index (χ1n) is 6.41. The number of amides is 2. The second kappa shape index (κ2) is 5.69. The van der Waals surface area contributed by atoms with E-state index in [2.05, 4.69) is 10.6 Å². The SMILES string of the molecule is CC(=O)c1ccc(NC(=O)N/C=C(\C)C2CC2)cc1. The molecule has 1 saturated carbocycles. The first-order chi connectivity index (χ1) is 9.06. The van der Waals surface area contributed by atoms with Gasteiger partial charge in [0.05, 0.1) is 0 Å². The van der Waals surface area contributed by atoms with Crippen molar-refractivity contribution in [1.82, 2.24) is 5.32 Å². The standard InChI is InChI=1S/C15H18N2O2/c1-10(12-3-4-12)9-16-15(19)17-14-7-5-13(6-8-14)11(2)18/h5-9,12H,3-4H2,1-2H3,(H2,16,17,19)/b10-9+. The van der Waals surface area contributed by atoms with Crippen molar-refractivity contribution in [2.45, 2.75) is 26.7 Å². The highest BCUT2D eigenvalue weighted by molar-refractivity contribution is 5.95.